The van der Waals surface area contributed by atoms with Crippen LogP contribution in [0.2, 0.25) is 0 Å². The van der Waals surface area contributed by atoms with Crippen molar-refractivity contribution in [3.05, 3.63) is 88.8 Å². The van der Waals surface area contributed by atoms with Gasteiger partial charge in [-0.2, -0.15) is 0 Å². The second kappa shape index (κ2) is 8.51. The lowest BCUT2D eigenvalue weighted by molar-refractivity contribution is 0.102. The molecule has 0 saturated carbocycles. The molecular weight excluding hydrogens is 392 g/mol. The average Bonchev–Trinajstić information content (AvgIpc) is 3.23. The van der Waals surface area contributed by atoms with Gasteiger partial charge < -0.3 is 4.74 Å². The fourth-order valence-corrected chi connectivity index (χ4v) is 3.92. The van der Waals surface area contributed by atoms with Crippen molar-refractivity contribution in [2.24, 2.45) is 0 Å². The van der Waals surface area contributed by atoms with Gasteiger partial charge in [0.05, 0.1) is 12.8 Å². The Hall–Kier alpha value is -3.44. The molecule has 1 amide bonds. The minimum atomic E-state index is -0.172. The molecule has 1 N–H and O–H groups in total. The number of aromatic nitrogens is 1. The van der Waals surface area contributed by atoms with Crippen molar-refractivity contribution in [3.8, 4) is 28.1 Å². The van der Waals surface area contributed by atoms with Gasteiger partial charge in [-0.15, -0.1) is 11.3 Å². The Morgan fingerprint density at radius 3 is 2.33 bits per heavy atom. The van der Waals surface area contributed by atoms with Crippen LogP contribution < -0.4 is 10.1 Å². The number of thiazole rings is 1. The summed E-state index contributed by atoms with van der Waals surface area (Å²) in [6, 6.07) is 21.7. The number of amides is 1. The minimum Gasteiger partial charge on any atom is -0.497 e. The van der Waals surface area contributed by atoms with Crippen LogP contribution in [0.15, 0.2) is 72.1 Å². The second-order valence-electron chi connectivity index (χ2n) is 7.12. The van der Waals surface area contributed by atoms with Crippen LogP contribution in [0.4, 0.5) is 5.13 Å². The Morgan fingerprint density at radius 2 is 1.63 bits per heavy atom. The Bertz CT molecular complexity index is 1180. The summed E-state index contributed by atoms with van der Waals surface area (Å²) >= 11 is 1.42. The molecule has 0 unspecified atom stereocenters. The number of benzene rings is 3. The van der Waals surface area contributed by atoms with E-state index in [-0.39, 0.29) is 5.91 Å². The van der Waals surface area contributed by atoms with E-state index < -0.39 is 0 Å². The van der Waals surface area contributed by atoms with E-state index in [1.807, 2.05) is 66.9 Å². The highest BCUT2D eigenvalue weighted by Gasteiger charge is 2.12. The van der Waals surface area contributed by atoms with Gasteiger partial charge >= 0.3 is 0 Å². The summed E-state index contributed by atoms with van der Waals surface area (Å²) in [5, 5.41) is 5.47. The molecule has 0 aliphatic heterocycles. The zero-order valence-electron chi connectivity index (χ0n) is 17.1. The molecule has 3 aromatic carbocycles. The molecule has 4 nitrogen and oxygen atoms in total. The van der Waals surface area contributed by atoms with Crippen LogP contribution in [0.3, 0.4) is 0 Å². The maximum atomic E-state index is 12.8. The van der Waals surface area contributed by atoms with Gasteiger partial charge in [0, 0.05) is 16.5 Å². The van der Waals surface area contributed by atoms with Gasteiger partial charge in [-0.3, -0.25) is 10.1 Å². The largest absolute Gasteiger partial charge is 0.497 e. The Morgan fingerprint density at radius 1 is 0.933 bits per heavy atom. The second-order valence-corrected chi connectivity index (χ2v) is 7.97. The normalized spacial score (nSPS) is 10.6. The Balaban J connectivity index is 1.54. The third-order valence-electron chi connectivity index (χ3n) is 4.97. The molecule has 0 fully saturated rings. The van der Waals surface area contributed by atoms with Crippen molar-refractivity contribution in [2.75, 3.05) is 12.4 Å². The molecule has 0 aliphatic carbocycles. The molecule has 0 atom stereocenters. The highest BCUT2D eigenvalue weighted by molar-refractivity contribution is 7.14. The van der Waals surface area contributed by atoms with Crippen molar-refractivity contribution in [1.82, 2.24) is 4.98 Å². The van der Waals surface area contributed by atoms with E-state index in [0.29, 0.717) is 10.7 Å². The summed E-state index contributed by atoms with van der Waals surface area (Å²) in [6.07, 6.45) is 0. The molecule has 0 bridgehead atoms. The highest BCUT2D eigenvalue weighted by Crippen LogP contribution is 2.28. The monoisotopic (exact) mass is 414 g/mol. The molecular formula is C25H22N2O2S. The summed E-state index contributed by atoms with van der Waals surface area (Å²) in [5.41, 5.74) is 6.86. The standard InChI is InChI=1S/C25H22N2O2S/c1-16-4-7-19(8-5-16)23-15-30-25(26-23)27-24(28)20-9-6-17(2)22(14-20)18-10-12-21(29-3)13-11-18/h4-15H,1-3H3,(H,26,27,28). The SMILES string of the molecule is COc1ccc(-c2cc(C(=O)Nc3nc(-c4ccc(C)cc4)cs3)ccc2C)cc1. The molecule has 0 saturated heterocycles. The molecule has 0 radical (unpaired) electrons. The average molecular weight is 415 g/mol. The van der Waals surface area contributed by atoms with E-state index in [9.17, 15) is 4.79 Å². The van der Waals surface area contributed by atoms with E-state index in [1.54, 1.807) is 7.11 Å². The first-order chi connectivity index (χ1) is 14.5. The number of nitrogens with zero attached hydrogens (tertiary/aromatic N) is 1. The third kappa shape index (κ3) is 4.26. The van der Waals surface area contributed by atoms with Crippen LogP contribution >= 0.6 is 11.3 Å². The number of methoxy groups -OCH3 is 1. The lowest BCUT2D eigenvalue weighted by atomic mass is 9.98. The van der Waals surface area contributed by atoms with Gasteiger partial charge in [0.2, 0.25) is 0 Å². The van der Waals surface area contributed by atoms with Gasteiger partial charge in [0.15, 0.2) is 5.13 Å². The summed E-state index contributed by atoms with van der Waals surface area (Å²) in [4.78, 5) is 17.4. The van der Waals surface area contributed by atoms with Gasteiger partial charge in [0.1, 0.15) is 5.75 Å². The van der Waals surface area contributed by atoms with Gasteiger partial charge in [-0.25, -0.2) is 4.98 Å². The predicted octanol–water partition coefficient (Wildman–Crippen LogP) is 6.35. The van der Waals surface area contributed by atoms with Crippen molar-refractivity contribution < 1.29 is 9.53 Å². The Kier molecular flexibility index (Phi) is 5.63. The number of aryl methyl sites for hydroxylation is 2. The lowest BCUT2D eigenvalue weighted by Crippen LogP contribution is -2.12. The van der Waals surface area contributed by atoms with Crippen LogP contribution in [-0.4, -0.2) is 18.0 Å². The first-order valence-corrected chi connectivity index (χ1v) is 10.5. The lowest BCUT2D eigenvalue weighted by Gasteiger charge is -2.10. The van der Waals surface area contributed by atoms with Gasteiger partial charge in [0.25, 0.3) is 5.91 Å². The number of hydrogen-bond acceptors (Lipinski definition) is 4. The van der Waals surface area contributed by atoms with E-state index in [1.165, 1.54) is 16.9 Å². The maximum absolute atomic E-state index is 12.8. The molecule has 150 valence electrons. The molecule has 1 aromatic heterocycles. The van der Waals surface area contributed by atoms with Crippen LogP contribution in [0, 0.1) is 13.8 Å². The van der Waals surface area contributed by atoms with E-state index in [4.69, 9.17) is 4.74 Å². The fourth-order valence-electron chi connectivity index (χ4n) is 3.20. The van der Waals surface area contributed by atoms with Crippen LogP contribution in [0.25, 0.3) is 22.4 Å². The molecule has 5 heteroatoms. The zero-order chi connectivity index (χ0) is 21.1. The van der Waals surface area contributed by atoms with Crippen LogP contribution in [0.5, 0.6) is 5.75 Å². The van der Waals surface area contributed by atoms with Crippen molar-refractivity contribution in [2.45, 2.75) is 13.8 Å². The molecule has 0 spiro atoms. The van der Waals surface area contributed by atoms with E-state index in [0.717, 1.165) is 33.7 Å². The first kappa shape index (κ1) is 19.9. The van der Waals surface area contributed by atoms with E-state index in [2.05, 4.69) is 29.4 Å². The van der Waals surface area contributed by atoms with Crippen LogP contribution in [0.1, 0.15) is 21.5 Å². The van der Waals surface area contributed by atoms with Crippen molar-refractivity contribution in [1.29, 1.82) is 0 Å². The summed E-state index contributed by atoms with van der Waals surface area (Å²) < 4.78 is 5.23. The molecule has 4 rings (SSSR count). The molecule has 1 heterocycles. The smallest absolute Gasteiger partial charge is 0.257 e. The third-order valence-corrected chi connectivity index (χ3v) is 5.73. The summed E-state index contributed by atoms with van der Waals surface area (Å²) in [6.45, 7) is 4.09. The number of carbonyl (C=O) groups is 1. The molecule has 0 aliphatic rings. The number of rotatable bonds is 5. The summed E-state index contributed by atoms with van der Waals surface area (Å²) in [7, 11) is 1.65. The maximum Gasteiger partial charge on any atom is 0.257 e. The quantitative estimate of drug-likeness (QED) is 0.414. The number of hydrogen-bond donors (Lipinski definition) is 1. The predicted molar refractivity (Wildman–Crippen MR) is 123 cm³/mol. The zero-order valence-corrected chi connectivity index (χ0v) is 17.9. The van der Waals surface area contributed by atoms with Crippen molar-refractivity contribution >= 4 is 22.4 Å². The van der Waals surface area contributed by atoms with Crippen molar-refractivity contribution in [3.63, 3.8) is 0 Å². The minimum absolute atomic E-state index is 0.172. The molecule has 4 aromatic rings. The number of nitrogens with one attached hydrogen (secondary N) is 1. The van der Waals surface area contributed by atoms with Gasteiger partial charge in [-0.1, -0.05) is 48.0 Å². The summed E-state index contributed by atoms with van der Waals surface area (Å²) in [5.74, 6) is 0.632. The number of anilines is 1. The van der Waals surface area contributed by atoms with E-state index >= 15 is 0 Å². The number of carbonyl (C=O) groups excluding carboxylic acids is 1. The first-order valence-electron chi connectivity index (χ1n) is 9.62. The number of ether oxygens (including phenoxy) is 1. The van der Waals surface area contributed by atoms with Crippen LogP contribution in [-0.2, 0) is 0 Å². The highest BCUT2D eigenvalue weighted by atomic mass is 32.1. The topological polar surface area (TPSA) is 51.2 Å². The molecule has 30 heavy (non-hydrogen) atoms. The van der Waals surface area contributed by atoms with Gasteiger partial charge in [-0.05, 0) is 54.8 Å². The Labute approximate surface area is 180 Å². The fraction of sp³-hybridized carbons (Fsp3) is 0.120.